The molecule has 2 unspecified atom stereocenters. The zero-order valence-electron chi connectivity index (χ0n) is 13.5. The third-order valence-electron chi connectivity index (χ3n) is 3.86. The van der Waals surface area contributed by atoms with Crippen LogP contribution in [0.15, 0.2) is 24.3 Å². The van der Waals surface area contributed by atoms with Crippen LogP contribution in [0.4, 0.5) is 11.4 Å². The number of ether oxygens (including phenoxy) is 1. The Morgan fingerprint density at radius 2 is 2.05 bits per heavy atom. The summed E-state index contributed by atoms with van der Waals surface area (Å²) in [5.74, 6) is -0.397. The maximum Gasteiger partial charge on any atom is 0.329 e. The van der Waals surface area contributed by atoms with Gasteiger partial charge in [0.25, 0.3) is 0 Å². The first-order chi connectivity index (χ1) is 10.6. The number of fused-ring (bicyclic) bond motifs is 1. The lowest BCUT2D eigenvalue weighted by Gasteiger charge is -2.38. The molecule has 0 radical (unpaired) electrons. The highest BCUT2D eigenvalue weighted by Crippen LogP contribution is 2.34. The molecule has 1 N–H and O–H groups in total. The summed E-state index contributed by atoms with van der Waals surface area (Å²) < 4.78 is 5.15. The van der Waals surface area contributed by atoms with Crippen molar-refractivity contribution in [3.8, 4) is 0 Å². The van der Waals surface area contributed by atoms with Crippen molar-refractivity contribution < 1.29 is 14.3 Å². The highest BCUT2D eigenvalue weighted by Gasteiger charge is 2.38. The maximum absolute atomic E-state index is 12.8. The summed E-state index contributed by atoms with van der Waals surface area (Å²) in [4.78, 5) is 26.7. The molecular formula is C17H24N2O3. The Labute approximate surface area is 131 Å². The van der Waals surface area contributed by atoms with E-state index in [-0.39, 0.29) is 17.9 Å². The second-order valence-corrected chi connectivity index (χ2v) is 5.39. The largest absolute Gasteiger partial charge is 0.464 e. The minimum atomic E-state index is -0.574. The van der Waals surface area contributed by atoms with Crippen molar-refractivity contribution in [3.05, 3.63) is 24.3 Å². The SMILES string of the molecule is CCCC1Nc2ccccc2N(C(CC)C(=O)OCC)C1=O. The maximum atomic E-state index is 12.8. The van der Waals surface area contributed by atoms with Crippen LogP contribution < -0.4 is 10.2 Å². The van der Waals surface area contributed by atoms with E-state index in [2.05, 4.69) is 5.32 Å². The Balaban J connectivity index is 2.41. The first-order valence-corrected chi connectivity index (χ1v) is 7.99. The Bertz CT molecular complexity index is 544. The number of hydrogen-bond acceptors (Lipinski definition) is 4. The zero-order valence-corrected chi connectivity index (χ0v) is 13.5. The number of carbonyl (C=O) groups excluding carboxylic acids is 2. The number of amides is 1. The number of rotatable bonds is 6. The number of benzene rings is 1. The molecule has 0 aromatic heterocycles. The molecule has 1 heterocycles. The summed E-state index contributed by atoms with van der Waals surface area (Å²) >= 11 is 0. The number of nitrogens with one attached hydrogen (secondary N) is 1. The normalized spacial score (nSPS) is 18.4. The highest BCUT2D eigenvalue weighted by atomic mass is 16.5. The molecule has 0 fully saturated rings. The molecule has 0 spiro atoms. The summed E-state index contributed by atoms with van der Waals surface area (Å²) in [5.41, 5.74) is 1.64. The minimum absolute atomic E-state index is 0.0551. The van der Waals surface area contributed by atoms with E-state index >= 15 is 0 Å². The number of esters is 1. The summed E-state index contributed by atoms with van der Waals surface area (Å²) in [6.07, 6.45) is 2.16. The van der Waals surface area contributed by atoms with Gasteiger partial charge in [0.05, 0.1) is 18.0 Å². The molecule has 0 bridgehead atoms. The fourth-order valence-electron chi connectivity index (χ4n) is 2.84. The number of anilines is 2. The Kier molecular flexibility index (Phi) is 5.41. The number of nitrogens with zero attached hydrogens (tertiary/aromatic N) is 1. The molecule has 1 aromatic rings. The van der Waals surface area contributed by atoms with Gasteiger partial charge in [-0.05, 0) is 31.9 Å². The van der Waals surface area contributed by atoms with E-state index in [0.717, 1.165) is 24.2 Å². The molecule has 1 aliphatic heterocycles. The van der Waals surface area contributed by atoms with Gasteiger partial charge in [-0.2, -0.15) is 0 Å². The first-order valence-electron chi connectivity index (χ1n) is 7.99. The van der Waals surface area contributed by atoms with Crippen molar-refractivity contribution in [3.63, 3.8) is 0 Å². The average molecular weight is 304 g/mol. The van der Waals surface area contributed by atoms with E-state index in [0.29, 0.717) is 13.0 Å². The minimum Gasteiger partial charge on any atom is -0.464 e. The van der Waals surface area contributed by atoms with Crippen LogP contribution >= 0.6 is 0 Å². The van der Waals surface area contributed by atoms with E-state index in [1.807, 2.05) is 38.1 Å². The standard InChI is InChI=1S/C17H24N2O3/c1-4-9-13-16(20)19(14(5-2)17(21)22-6-3)15-11-8-7-10-12(15)18-13/h7-8,10-11,13-14,18H,4-6,9H2,1-3H3. The van der Waals surface area contributed by atoms with Crippen molar-refractivity contribution >= 4 is 23.3 Å². The van der Waals surface area contributed by atoms with E-state index in [9.17, 15) is 9.59 Å². The highest BCUT2D eigenvalue weighted by molar-refractivity contribution is 6.08. The molecule has 1 amide bonds. The predicted molar refractivity (Wildman–Crippen MR) is 87.0 cm³/mol. The first kappa shape index (κ1) is 16.3. The van der Waals surface area contributed by atoms with Gasteiger partial charge in [-0.3, -0.25) is 9.69 Å². The third kappa shape index (κ3) is 3.08. The molecule has 1 aromatic carbocycles. The number of hydrogen-bond donors (Lipinski definition) is 1. The fourth-order valence-corrected chi connectivity index (χ4v) is 2.84. The van der Waals surface area contributed by atoms with E-state index in [1.54, 1.807) is 11.8 Å². The van der Waals surface area contributed by atoms with E-state index in [1.165, 1.54) is 0 Å². The fraction of sp³-hybridized carbons (Fsp3) is 0.529. The number of carbonyl (C=O) groups is 2. The van der Waals surface area contributed by atoms with Crippen LogP contribution in [0.25, 0.3) is 0 Å². The molecule has 5 nitrogen and oxygen atoms in total. The van der Waals surface area contributed by atoms with Gasteiger partial charge in [0.2, 0.25) is 5.91 Å². The van der Waals surface area contributed by atoms with Crippen LogP contribution in [-0.2, 0) is 14.3 Å². The zero-order chi connectivity index (χ0) is 16.1. The van der Waals surface area contributed by atoms with Crippen molar-refractivity contribution in [1.29, 1.82) is 0 Å². The molecular weight excluding hydrogens is 280 g/mol. The van der Waals surface area contributed by atoms with Crippen molar-refractivity contribution in [2.24, 2.45) is 0 Å². The molecule has 0 saturated carbocycles. The quantitative estimate of drug-likeness (QED) is 0.821. The second-order valence-electron chi connectivity index (χ2n) is 5.39. The van der Waals surface area contributed by atoms with Crippen molar-refractivity contribution in [2.75, 3.05) is 16.8 Å². The van der Waals surface area contributed by atoms with Gasteiger partial charge in [-0.25, -0.2) is 4.79 Å². The van der Waals surface area contributed by atoms with Gasteiger partial charge in [0.1, 0.15) is 12.1 Å². The molecule has 0 saturated heterocycles. The summed E-state index contributed by atoms with van der Waals surface area (Å²) in [6, 6.07) is 6.74. The second kappa shape index (κ2) is 7.29. The molecule has 0 aliphatic carbocycles. The van der Waals surface area contributed by atoms with Gasteiger partial charge in [0, 0.05) is 0 Å². The van der Waals surface area contributed by atoms with Gasteiger partial charge in [-0.15, -0.1) is 0 Å². The molecule has 1 aliphatic rings. The van der Waals surface area contributed by atoms with Gasteiger partial charge in [-0.1, -0.05) is 32.4 Å². The average Bonchev–Trinajstić information content (AvgIpc) is 2.52. The lowest BCUT2D eigenvalue weighted by atomic mass is 10.0. The Morgan fingerprint density at radius 3 is 2.68 bits per heavy atom. The predicted octanol–water partition coefficient (Wildman–Crippen LogP) is 2.96. The molecule has 22 heavy (non-hydrogen) atoms. The van der Waals surface area contributed by atoms with E-state index < -0.39 is 6.04 Å². The lowest BCUT2D eigenvalue weighted by molar-refractivity contribution is -0.146. The third-order valence-corrected chi connectivity index (χ3v) is 3.86. The van der Waals surface area contributed by atoms with Crippen LogP contribution in [0.2, 0.25) is 0 Å². The van der Waals surface area contributed by atoms with Crippen LogP contribution in [0.1, 0.15) is 40.0 Å². The molecule has 120 valence electrons. The molecule has 5 heteroatoms. The summed E-state index contributed by atoms with van der Waals surface area (Å²) in [5, 5.41) is 3.28. The van der Waals surface area contributed by atoms with Crippen molar-refractivity contribution in [2.45, 2.75) is 52.1 Å². The Morgan fingerprint density at radius 1 is 1.32 bits per heavy atom. The van der Waals surface area contributed by atoms with Gasteiger partial charge < -0.3 is 10.1 Å². The van der Waals surface area contributed by atoms with Crippen LogP contribution in [-0.4, -0.2) is 30.6 Å². The monoisotopic (exact) mass is 304 g/mol. The smallest absolute Gasteiger partial charge is 0.329 e. The van der Waals surface area contributed by atoms with E-state index in [4.69, 9.17) is 4.74 Å². The molecule has 2 rings (SSSR count). The van der Waals surface area contributed by atoms with Crippen molar-refractivity contribution in [1.82, 2.24) is 0 Å². The lowest BCUT2D eigenvalue weighted by Crippen LogP contribution is -2.54. The van der Waals surface area contributed by atoms with Crippen LogP contribution in [0.5, 0.6) is 0 Å². The summed E-state index contributed by atoms with van der Waals surface area (Å²) in [7, 11) is 0. The molecule has 2 atom stereocenters. The number of para-hydroxylation sites is 2. The van der Waals surface area contributed by atoms with Crippen LogP contribution in [0.3, 0.4) is 0 Å². The Hall–Kier alpha value is -2.04. The topological polar surface area (TPSA) is 58.6 Å². The summed E-state index contributed by atoms with van der Waals surface area (Å²) in [6.45, 7) is 6.03. The van der Waals surface area contributed by atoms with Crippen LogP contribution in [0, 0.1) is 0 Å². The van der Waals surface area contributed by atoms with Gasteiger partial charge >= 0.3 is 5.97 Å². The van der Waals surface area contributed by atoms with Gasteiger partial charge in [0.15, 0.2) is 0 Å².